The lowest BCUT2D eigenvalue weighted by molar-refractivity contribution is 0.576. The lowest BCUT2D eigenvalue weighted by atomic mass is 10.0. The molecule has 0 spiro atoms. The molecular formula is C23H29N3OS. The summed E-state index contributed by atoms with van der Waals surface area (Å²) in [5.74, 6) is 0.572. The molecule has 3 rings (SSSR count). The number of nitrogens with zero attached hydrogens (tertiary/aromatic N) is 2. The van der Waals surface area contributed by atoms with Gasteiger partial charge in [0.05, 0.1) is 11.9 Å². The van der Waals surface area contributed by atoms with E-state index in [-0.39, 0.29) is 0 Å². The van der Waals surface area contributed by atoms with Crippen LogP contribution in [0.2, 0.25) is 0 Å². The molecular weight excluding hydrogens is 366 g/mol. The quantitative estimate of drug-likeness (QED) is 0.690. The fourth-order valence-corrected chi connectivity index (χ4v) is 4.07. The molecule has 0 atom stereocenters. The molecule has 1 aliphatic rings. The van der Waals surface area contributed by atoms with Crippen LogP contribution < -0.4 is 15.6 Å². The molecule has 0 fully saturated rings. The van der Waals surface area contributed by atoms with Crippen LogP contribution in [-0.4, -0.2) is 4.98 Å². The topological polar surface area (TPSA) is 64.4 Å². The Balaban J connectivity index is 0.000000300. The van der Waals surface area contributed by atoms with Gasteiger partial charge in [0.2, 0.25) is 5.89 Å². The molecule has 0 amide bonds. The summed E-state index contributed by atoms with van der Waals surface area (Å²) in [6, 6.07) is 0. The van der Waals surface area contributed by atoms with Crippen LogP contribution in [0.4, 0.5) is 5.69 Å². The number of aromatic nitrogens is 1. The second-order valence-electron chi connectivity index (χ2n) is 6.88. The van der Waals surface area contributed by atoms with Gasteiger partial charge in [-0.2, -0.15) is 0 Å². The Morgan fingerprint density at radius 2 is 2.04 bits per heavy atom. The Bertz CT molecular complexity index is 1030. The maximum Gasteiger partial charge on any atom is 0.238 e. The Morgan fingerprint density at radius 1 is 1.29 bits per heavy atom. The first kappa shape index (κ1) is 21.6. The van der Waals surface area contributed by atoms with Gasteiger partial charge in [-0.1, -0.05) is 49.0 Å². The van der Waals surface area contributed by atoms with E-state index in [1.165, 1.54) is 16.7 Å². The summed E-state index contributed by atoms with van der Waals surface area (Å²) in [4.78, 5) is 9.88. The van der Waals surface area contributed by atoms with E-state index >= 15 is 0 Å². The van der Waals surface area contributed by atoms with Crippen molar-refractivity contribution in [3.63, 3.8) is 0 Å². The maximum atomic E-state index is 6.32. The van der Waals surface area contributed by atoms with Gasteiger partial charge in [0, 0.05) is 10.9 Å². The van der Waals surface area contributed by atoms with E-state index in [1.807, 2.05) is 18.2 Å². The highest BCUT2D eigenvalue weighted by atomic mass is 32.1. The molecule has 2 N–H and O–H groups in total. The van der Waals surface area contributed by atoms with Gasteiger partial charge in [-0.15, -0.1) is 11.3 Å². The molecule has 0 saturated heterocycles. The van der Waals surface area contributed by atoms with Crippen LogP contribution >= 0.6 is 11.3 Å². The first-order valence-corrected chi connectivity index (χ1v) is 10.2. The van der Waals surface area contributed by atoms with Crippen molar-refractivity contribution in [3.05, 3.63) is 70.1 Å². The summed E-state index contributed by atoms with van der Waals surface area (Å²) in [6.07, 6.45) is 12.7. The average molecular weight is 396 g/mol. The van der Waals surface area contributed by atoms with Crippen LogP contribution in [0, 0.1) is 0 Å². The zero-order chi connectivity index (χ0) is 20.7. The summed E-state index contributed by atoms with van der Waals surface area (Å²) in [7, 11) is 0. The monoisotopic (exact) mass is 395 g/mol. The molecule has 4 nitrogen and oxygen atoms in total. The number of thiophene rings is 1. The van der Waals surface area contributed by atoms with Crippen LogP contribution in [-0.2, 0) is 0 Å². The summed E-state index contributed by atoms with van der Waals surface area (Å²) < 4.78 is 6.35. The molecule has 5 heteroatoms. The van der Waals surface area contributed by atoms with E-state index < -0.39 is 0 Å². The summed E-state index contributed by atoms with van der Waals surface area (Å²) in [5, 5.41) is 1.06. The summed E-state index contributed by atoms with van der Waals surface area (Å²) in [6.45, 7) is 14.1. The molecule has 3 heterocycles. The van der Waals surface area contributed by atoms with Gasteiger partial charge in [0.1, 0.15) is 15.8 Å². The van der Waals surface area contributed by atoms with Crippen LogP contribution in [0.25, 0.3) is 16.3 Å². The van der Waals surface area contributed by atoms with Crippen molar-refractivity contribution in [2.24, 2.45) is 4.99 Å². The molecule has 0 unspecified atom stereocenters. The fourth-order valence-electron chi connectivity index (χ4n) is 2.93. The van der Waals surface area contributed by atoms with E-state index in [9.17, 15) is 0 Å². The van der Waals surface area contributed by atoms with Crippen molar-refractivity contribution in [3.8, 4) is 10.8 Å². The standard InChI is InChI=1S/C15H17N3OS.C8H12/c1-4-10-8(2)7-9(3)11-12(16)13(20-15(11)18-10)14-17-5-6-19-14;1-4-5-6-7-8(2)3/h5-6H,4,7,16H2,1-3H3;4-7H,1H2,2-3H3/b;6-5-. The first-order valence-electron chi connectivity index (χ1n) is 9.36. The van der Waals surface area contributed by atoms with Gasteiger partial charge in [0.15, 0.2) is 0 Å². The number of rotatable bonds is 4. The first-order chi connectivity index (χ1) is 13.4. The highest BCUT2D eigenvalue weighted by Gasteiger charge is 2.17. The third kappa shape index (κ3) is 5.20. The van der Waals surface area contributed by atoms with Crippen molar-refractivity contribution in [2.75, 3.05) is 5.73 Å². The number of nitrogen functional groups attached to an aromatic ring is 1. The number of anilines is 1. The minimum absolute atomic E-state index is 0.572. The van der Waals surface area contributed by atoms with E-state index in [4.69, 9.17) is 15.1 Å². The molecule has 0 aliphatic carbocycles. The average Bonchev–Trinajstić information content (AvgIpc) is 3.25. The van der Waals surface area contributed by atoms with Gasteiger partial charge in [-0.25, -0.2) is 9.98 Å². The minimum Gasteiger partial charge on any atom is -0.444 e. The predicted octanol–water partition coefficient (Wildman–Crippen LogP) is 5.56. The van der Waals surface area contributed by atoms with Gasteiger partial charge in [-0.05, 0) is 46.1 Å². The zero-order valence-corrected chi connectivity index (χ0v) is 18.2. The third-order valence-corrected chi connectivity index (χ3v) is 5.34. The molecule has 2 aromatic rings. The molecule has 0 radical (unpaired) electrons. The molecule has 0 aromatic carbocycles. The highest BCUT2D eigenvalue weighted by molar-refractivity contribution is 7.13. The van der Waals surface area contributed by atoms with Crippen LogP contribution in [0.15, 0.2) is 69.6 Å². The Hall–Kier alpha value is -2.66. The zero-order valence-electron chi connectivity index (χ0n) is 17.4. The largest absolute Gasteiger partial charge is 0.444 e. The third-order valence-electron chi connectivity index (χ3n) is 4.25. The second-order valence-corrected chi connectivity index (χ2v) is 7.88. The second kappa shape index (κ2) is 10.0. The molecule has 0 bridgehead atoms. The van der Waals surface area contributed by atoms with E-state index in [0.717, 1.165) is 39.0 Å². The van der Waals surface area contributed by atoms with Crippen molar-refractivity contribution in [1.82, 2.24) is 4.98 Å². The van der Waals surface area contributed by atoms with Crippen molar-refractivity contribution >= 4 is 22.6 Å². The number of allylic oxidation sites excluding steroid dienone is 7. The van der Waals surface area contributed by atoms with Gasteiger partial charge < -0.3 is 10.2 Å². The number of fused-ring (bicyclic) bond motifs is 1. The van der Waals surface area contributed by atoms with E-state index in [0.29, 0.717) is 5.89 Å². The summed E-state index contributed by atoms with van der Waals surface area (Å²) in [5.41, 5.74) is 12.1. The molecule has 148 valence electrons. The fraction of sp³-hybridized carbons (Fsp3) is 0.304. The van der Waals surface area contributed by atoms with Crippen LogP contribution in [0.5, 0.6) is 0 Å². The van der Waals surface area contributed by atoms with Crippen LogP contribution in [0.3, 0.4) is 0 Å². The summed E-state index contributed by atoms with van der Waals surface area (Å²) >= 11 is 1.55. The Labute approximate surface area is 171 Å². The SMILES string of the molecule is C=C/C=C\C=C(C)C.CCC1=C(C)CC(C)=c2c(N)c(-c3ncco3)sc2=N1. The number of hydrogen-bond acceptors (Lipinski definition) is 5. The van der Waals surface area contributed by atoms with Gasteiger partial charge in [0.25, 0.3) is 0 Å². The molecule has 28 heavy (non-hydrogen) atoms. The van der Waals surface area contributed by atoms with Crippen molar-refractivity contribution in [2.45, 2.75) is 47.5 Å². The lowest BCUT2D eigenvalue weighted by Crippen LogP contribution is -2.23. The highest BCUT2D eigenvalue weighted by Crippen LogP contribution is 2.27. The number of nitrogens with two attached hydrogens (primary N) is 1. The molecule has 0 saturated carbocycles. The number of oxazole rings is 1. The van der Waals surface area contributed by atoms with Gasteiger partial charge >= 0.3 is 0 Å². The smallest absolute Gasteiger partial charge is 0.238 e. The van der Waals surface area contributed by atoms with Crippen molar-refractivity contribution in [1.29, 1.82) is 0 Å². The van der Waals surface area contributed by atoms with Gasteiger partial charge in [-0.3, -0.25) is 0 Å². The normalized spacial score (nSPS) is 13.4. The molecule has 1 aliphatic heterocycles. The van der Waals surface area contributed by atoms with E-state index in [2.05, 4.69) is 46.2 Å². The Kier molecular flexibility index (Phi) is 7.76. The maximum absolute atomic E-state index is 6.32. The predicted molar refractivity (Wildman–Crippen MR) is 120 cm³/mol. The Morgan fingerprint density at radius 3 is 2.61 bits per heavy atom. The minimum atomic E-state index is 0.572. The lowest BCUT2D eigenvalue weighted by Gasteiger charge is -2.03. The van der Waals surface area contributed by atoms with Crippen molar-refractivity contribution < 1.29 is 4.42 Å². The number of hydrogen-bond donors (Lipinski definition) is 1. The van der Waals surface area contributed by atoms with Crippen LogP contribution in [0.1, 0.15) is 47.5 Å². The molecule has 2 aromatic heterocycles. The van der Waals surface area contributed by atoms with E-state index in [1.54, 1.807) is 29.9 Å².